The lowest BCUT2D eigenvalue weighted by Gasteiger charge is -2.28. The summed E-state index contributed by atoms with van der Waals surface area (Å²) in [6, 6.07) is 4.77. The van der Waals surface area contributed by atoms with Gasteiger partial charge in [-0.15, -0.1) is 0 Å². The molecule has 0 amide bonds. The SMILES string of the molecule is C[C@H](N)c1c(F)cccc1N1CCCC1CO. The quantitative estimate of drug-likeness (QED) is 0.844. The van der Waals surface area contributed by atoms with Gasteiger partial charge in [-0.3, -0.25) is 0 Å². The summed E-state index contributed by atoms with van der Waals surface area (Å²) < 4.78 is 13.8. The van der Waals surface area contributed by atoms with Crippen molar-refractivity contribution in [2.45, 2.75) is 31.8 Å². The number of rotatable bonds is 3. The number of hydrogen-bond donors (Lipinski definition) is 2. The first-order valence-electron chi connectivity index (χ1n) is 6.06. The number of benzene rings is 1. The Morgan fingerprint density at radius 1 is 1.59 bits per heavy atom. The largest absolute Gasteiger partial charge is 0.394 e. The molecule has 3 nitrogen and oxygen atoms in total. The van der Waals surface area contributed by atoms with Crippen molar-refractivity contribution in [1.29, 1.82) is 0 Å². The third-order valence-corrected chi connectivity index (χ3v) is 3.38. The van der Waals surface area contributed by atoms with Crippen molar-refractivity contribution in [3.05, 3.63) is 29.6 Å². The van der Waals surface area contributed by atoms with Gasteiger partial charge in [0.15, 0.2) is 0 Å². The summed E-state index contributed by atoms with van der Waals surface area (Å²) in [4.78, 5) is 2.07. The molecular weight excluding hydrogens is 219 g/mol. The summed E-state index contributed by atoms with van der Waals surface area (Å²) in [5, 5.41) is 9.33. The Bertz CT molecular complexity index is 395. The van der Waals surface area contributed by atoms with Gasteiger partial charge >= 0.3 is 0 Å². The van der Waals surface area contributed by atoms with Crippen LogP contribution in [0.3, 0.4) is 0 Å². The van der Waals surface area contributed by atoms with E-state index in [4.69, 9.17) is 5.73 Å². The van der Waals surface area contributed by atoms with Crippen LogP contribution >= 0.6 is 0 Å². The van der Waals surface area contributed by atoms with E-state index in [1.165, 1.54) is 6.07 Å². The average molecular weight is 238 g/mol. The molecule has 1 aliphatic heterocycles. The van der Waals surface area contributed by atoms with Crippen LogP contribution in [0.1, 0.15) is 31.4 Å². The Morgan fingerprint density at radius 3 is 3.00 bits per heavy atom. The highest BCUT2D eigenvalue weighted by Gasteiger charge is 2.27. The fourth-order valence-electron chi connectivity index (χ4n) is 2.57. The van der Waals surface area contributed by atoms with Crippen LogP contribution in [0.25, 0.3) is 0 Å². The highest BCUT2D eigenvalue weighted by molar-refractivity contribution is 5.57. The number of nitrogens with two attached hydrogens (primary N) is 1. The monoisotopic (exact) mass is 238 g/mol. The first-order valence-corrected chi connectivity index (χ1v) is 6.06. The predicted octanol–water partition coefficient (Wildman–Crippen LogP) is 1.81. The van der Waals surface area contributed by atoms with E-state index in [-0.39, 0.29) is 24.5 Å². The van der Waals surface area contributed by atoms with Gasteiger partial charge in [-0.1, -0.05) is 6.07 Å². The molecule has 4 heteroatoms. The number of halogens is 1. The average Bonchev–Trinajstić information content (AvgIpc) is 2.75. The molecule has 0 spiro atoms. The molecule has 0 bridgehead atoms. The van der Waals surface area contributed by atoms with Crippen LogP contribution in [0.4, 0.5) is 10.1 Å². The van der Waals surface area contributed by atoms with Gasteiger partial charge < -0.3 is 15.7 Å². The summed E-state index contributed by atoms with van der Waals surface area (Å²) in [7, 11) is 0. The molecule has 1 heterocycles. The Balaban J connectivity index is 2.40. The molecule has 1 aromatic rings. The van der Waals surface area contributed by atoms with Gasteiger partial charge in [-0.05, 0) is 31.9 Å². The van der Waals surface area contributed by atoms with Crippen LogP contribution in [0.2, 0.25) is 0 Å². The fourth-order valence-corrected chi connectivity index (χ4v) is 2.57. The van der Waals surface area contributed by atoms with E-state index in [1.807, 2.05) is 6.07 Å². The fraction of sp³-hybridized carbons (Fsp3) is 0.538. The number of hydrogen-bond acceptors (Lipinski definition) is 3. The molecule has 0 radical (unpaired) electrons. The van der Waals surface area contributed by atoms with Crippen LogP contribution in [-0.2, 0) is 0 Å². The van der Waals surface area contributed by atoms with Crippen LogP contribution in [0.15, 0.2) is 18.2 Å². The Labute approximate surface area is 101 Å². The maximum absolute atomic E-state index is 13.8. The molecule has 3 N–H and O–H groups in total. The minimum absolute atomic E-state index is 0.0919. The van der Waals surface area contributed by atoms with E-state index < -0.39 is 0 Å². The normalized spacial score (nSPS) is 21.9. The van der Waals surface area contributed by atoms with E-state index in [0.29, 0.717) is 5.56 Å². The zero-order valence-corrected chi connectivity index (χ0v) is 10.1. The second-order valence-electron chi connectivity index (χ2n) is 4.63. The van der Waals surface area contributed by atoms with Gasteiger partial charge in [0.1, 0.15) is 5.82 Å². The molecule has 0 aliphatic carbocycles. The van der Waals surface area contributed by atoms with Gasteiger partial charge in [-0.2, -0.15) is 0 Å². The van der Waals surface area contributed by atoms with Crippen LogP contribution < -0.4 is 10.6 Å². The Kier molecular flexibility index (Phi) is 3.64. The zero-order valence-electron chi connectivity index (χ0n) is 10.1. The molecule has 0 aromatic heterocycles. The Hall–Kier alpha value is -1.13. The van der Waals surface area contributed by atoms with Crippen LogP contribution in [0, 0.1) is 5.82 Å². The molecule has 1 fully saturated rings. The maximum atomic E-state index is 13.8. The second-order valence-corrected chi connectivity index (χ2v) is 4.63. The number of aliphatic hydroxyl groups is 1. The van der Waals surface area contributed by atoms with E-state index in [9.17, 15) is 9.50 Å². The van der Waals surface area contributed by atoms with Crippen molar-refractivity contribution in [3.63, 3.8) is 0 Å². The molecule has 2 atom stereocenters. The number of anilines is 1. The molecule has 1 unspecified atom stereocenters. The van der Waals surface area contributed by atoms with E-state index in [2.05, 4.69) is 4.90 Å². The minimum Gasteiger partial charge on any atom is -0.394 e. The molecule has 1 aliphatic rings. The highest BCUT2D eigenvalue weighted by Crippen LogP contribution is 2.32. The van der Waals surface area contributed by atoms with Crippen molar-refractivity contribution in [3.8, 4) is 0 Å². The lowest BCUT2D eigenvalue weighted by Crippen LogP contribution is -2.33. The third kappa shape index (κ3) is 2.28. The predicted molar refractivity (Wildman–Crippen MR) is 66.5 cm³/mol. The lowest BCUT2D eigenvalue weighted by atomic mass is 10.0. The van der Waals surface area contributed by atoms with Gasteiger partial charge in [0, 0.05) is 23.8 Å². The van der Waals surface area contributed by atoms with Crippen LogP contribution in [-0.4, -0.2) is 24.3 Å². The zero-order chi connectivity index (χ0) is 12.4. The number of nitrogens with zero attached hydrogens (tertiary/aromatic N) is 1. The van der Waals surface area contributed by atoms with Gasteiger partial charge in [0.05, 0.1) is 12.6 Å². The molecule has 17 heavy (non-hydrogen) atoms. The van der Waals surface area contributed by atoms with E-state index >= 15 is 0 Å². The summed E-state index contributed by atoms with van der Waals surface area (Å²) in [5.74, 6) is -0.263. The maximum Gasteiger partial charge on any atom is 0.130 e. The standard InChI is InChI=1S/C13H19FN2O/c1-9(15)13-11(14)5-2-6-12(13)16-7-3-4-10(16)8-17/h2,5-6,9-10,17H,3-4,7-8,15H2,1H3/t9-,10?/m0/s1. The van der Waals surface area contributed by atoms with Crippen LogP contribution in [0.5, 0.6) is 0 Å². The summed E-state index contributed by atoms with van der Waals surface area (Å²) in [6.45, 7) is 2.75. The van der Waals surface area contributed by atoms with Gasteiger partial charge in [0.2, 0.25) is 0 Å². The van der Waals surface area contributed by atoms with Crippen molar-refractivity contribution >= 4 is 5.69 Å². The van der Waals surface area contributed by atoms with Crippen molar-refractivity contribution < 1.29 is 9.50 Å². The highest BCUT2D eigenvalue weighted by atomic mass is 19.1. The topological polar surface area (TPSA) is 49.5 Å². The smallest absolute Gasteiger partial charge is 0.130 e. The third-order valence-electron chi connectivity index (χ3n) is 3.38. The number of aliphatic hydroxyl groups excluding tert-OH is 1. The second kappa shape index (κ2) is 5.02. The molecule has 0 saturated carbocycles. The van der Waals surface area contributed by atoms with Crippen molar-refractivity contribution in [2.24, 2.45) is 5.73 Å². The van der Waals surface area contributed by atoms with E-state index in [1.54, 1.807) is 13.0 Å². The Morgan fingerprint density at radius 2 is 2.35 bits per heavy atom. The molecular formula is C13H19FN2O. The van der Waals surface area contributed by atoms with E-state index in [0.717, 1.165) is 25.1 Å². The first kappa shape index (κ1) is 12.3. The lowest BCUT2D eigenvalue weighted by molar-refractivity contribution is 0.266. The molecule has 1 aromatic carbocycles. The van der Waals surface area contributed by atoms with Gasteiger partial charge in [-0.25, -0.2) is 4.39 Å². The summed E-state index contributed by atoms with van der Waals surface area (Å²) >= 11 is 0. The van der Waals surface area contributed by atoms with Crippen molar-refractivity contribution in [1.82, 2.24) is 0 Å². The summed E-state index contributed by atoms with van der Waals surface area (Å²) in [5.41, 5.74) is 7.22. The molecule has 2 rings (SSSR count). The first-order chi connectivity index (χ1) is 8.15. The molecule has 1 saturated heterocycles. The summed E-state index contributed by atoms with van der Waals surface area (Å²) in [6.07, 6.45) is 1.98. The minimum atomic E-state index is -0.342. The molecule has 94 valence electrons. The van der Waals surface area contributed by atoms with Crippen molar-refractivity contribution in [2.75, 3.05) is 18.1 Å². The van der Waals surface area contributed by atoms with Gasteiger partial charge in [0.25, 0.3) is 0 Å².